The summed E-state index contributed by atoms with van der Waals surface area (Å²) in [5.74, 6) is 0. The van der Waals surface area contributed by atoms with Crippen molar-refractivity contribution < 1.29 is 4.79 Å². The minimum atomic E-state index is -0.125. The number of amides is 2. The summed E-state index contributed by atoms with van der Waals surface area (Å²) in [6.45, 7) is 10.4. The molecule has 122 valence electrons. The van der Waals surface area contributed by atoms with Gasteiger partial charge in [-0.2, -0.15) is 0 Å². The molecule has 1 saturated heterocycles. The maximum Gasteiger partial charge on any atom is 0.319 e. The predicted octanol–water partition coefficient (Wildman–Crippen LogP) is 3.69. The number of piperidine rings is 1. The van der Waals surface area contributed by atoms with Crippen molar-refractivity contribution in [2.45, 2.75) is 59.0 Å². The van der Waals surface area contributed by atoms with E-state index in [1.54, 1.807) is 0 Å². The molecule has 0 radical (unpaired) electrons. The second kappa shape index (κ2) is 7.63. The number of hydrogen-bond donors (Lipinski definition) is 2. The van der Waals surface area contributed by atoms with E-state index >= 15 is 0 Å². The van der Waals surface area contributed by atoms with Crippen LogP contribution in [0.15, 0.2) is 18.2 Å². The van der Waals surface area contributed by atoms with Gasteiger partial charge in [-0.1, -0.05) is 12.5 Å². The number of benzene rings is 1. The van der Waals surface area contributed by atoms with Crippen LogP contribution < -0.4 is 10.6 Å². The third-order valence-electron chi connectivity index (χ3n) is 4.74. The zero-order valence-corrected chi connectivity index (χ0v) is 14.3. The second-order valence-corrected chi connectivity index (χ2v) is 6.57. The van der Waals surface area contributed by atoms with Gasteiger partial charge in [-0.05, 0) is 70.3 Å². The number of anilines is 1. The van der Waals surface area contributed by atoms with Crippen LogP contribution in [0.25, 0.3) is 0 Å². The van der Waals surface area contributed by atoms with Crippen LogP contribution in [0.1, 0.15) is 44.2 Å². The Morgan fingerprint density at radius 3 is 2.77 bits per heavy atom. The molecular formula is C18H29N3O. The molecule has 4 nitrogen and oxygen atoms in total. The first kappa shape index (κ1) is 16.8. The van der Waals surface area contributed by atoms with E-state index in [2.05, 4.69) is 43.2 Å². The van der Waals surface area contributed by atoms with Gasteiger partial charge in [0.1, 0.15) is 0 Å². The molecule has 2 unspecified atom stereocenters. The molecule has 1 heterocycles. The molecule has 4 heteroatoms. The molecule has 2 rings (SSSR count). The zero-order chi connectivity index (χ0) is 16.1. The number of carbonyl (C=O) groups is 1. The lowest BCUT2D eigenvalue weighted by Crippen LogP contribution is -2.49. The van der Waals surface area contributed by atoms with Crippen molar-refractivity contribution in [3.63, 3.8) is 0 Å². The van der Waals surface area contributed by atoms with Gasteiger partial charge in [0.05, 0.1) is 0 Å². The number of carbonyl (C=O) groups excluding carboxylic acids is 1. The van der Waals surface area contributed by atoms with E-state index in [4.69, 9.17) is 0 Å². The van der Waals surface area contributed by atoms with Crippen LogP contribution in [0.5, 0.6) is 0 Å². The number of nitrogens with zero attached hydrogens (tertiary/aromatic N) is 1. The Bertz CT molecular complexity index is 515. The standard InChI is InChI=1S/C18H29N3O/c1-13-8-9-17(11-14(13)2)20-18(22)19-12-16(4)21-10-6-5-7-15(21)3/h8-9,11,15-16H,5-7,10,12H2,1-4H3,(H2,19,20,22). The Labute approximate surface area is 134 Å². The minimum Gasteiger partial charge on any atom is -0.336 e. The van der Waals surface area contributed by atoms with Gasteiger partial charge in [0.25, 0.3) is 0 Å². The number of rotatable bonds is 4. The van der Waals surface area contributed by atoms with Crippen molar-refractivity contribution in [2.75, 3.05) is 18.4 Å². The third-order valence-corrected chi connectivity index (χ3v) is 4.74. The van der Waals surface area contributed by atoms with Crippen molar-refractivity contribution in [3.8, 4) is 0 Å². The summed E-state index contributed by atoms with van der Waals surface area (Å²) < 4.78 is 0. The average molecular weight is 303 g/mol. The van der Waals surface area contributed by atoms with Crippen LogP contribution in [0.2, 0.25) is 0 Å². The Kier molecular flexibility index (Phi) is 5.83. The first-order valence-corrected chi connectivity index (χ1v) is 8.35. The summed E-state index contributed by atoms with van der Waals surface area (Å²) in [4.78, 5) is 14.5. The molecular weight excluding hydrogens is 274 g/mol. The molecule has 0 bridgehead atoms. The van der Waals surface area contributed by atoms with Gasteiger partial charge >= 0.3 is 6.03 Å². The highest BCUT2D eigenvalue weighted by molar-refractivity contribution is 5.89. The lowest BCUT2D eigenvalue weighted by molar-refractivity contribution is 0.114. The molecule has 0 aromatic heterocycles. The fraction of sp³-hybridized carbons (Fsp3) is 0.611. The van der Waals surface area contributed by atoms with Gasteiger partial charge in [-0.25, -0.2) is 4.79 Å². The highest BCUT2D eigenvalue weighted by Gasteiger charge is 2.23. The summed E-state index contributed by atoms with van der Waals surface area (Å²) in [6, 6.07) is 6.85. The summed E-state index contributed by atoms with van der Waals surface area (Å²) in [6.07, 6.45) is 3.85. The molecule has 1 aliphatic rings. The molecule has 1 aromatic rings. The van der Waals surface area contributed by atoms with Crippen LogP contribution >= 0.6 is 0 Å². The molecule has 0 aliphatic carbocycles. The fourth-order valence-corrected chi connectivity index (χ4v) is 3.13. The minimum absolute atomic E-state index is 0.125. The van der Waals surface area contributed by atoms with Crippen molar-refractivity contribution >= 4 is 11.7 Å². The summed E-state index contributed by atoms with van der Waals surface area (Å²) in [5.41, 5.74) is 3.27. The molecule has 0 saturated carbocycles. The summed E-state index contributed by atoms with van der Waals surface area (Å²) in [5, 5.41) is 5.90. The van der Waals surface area contributed by atoms with Crippen molar-refractivity contribution in [1.29, 1.82) is 0 Å². The average Bonchev–Trinajstić information content (AvgIpc) is 2.49. The number of likely N-dealkylation sites (tertiary alicyclic amines) is 1. The van der Waals surface area contributed by atoms with Crippen molar-refractivity contribution in [1.82, 2.24) is 10.2 Å². The van der Waals surface area contributed by atoms with Crippen LogP contribution in [0, 0.1) is 13.8 Å². The number of aryl methyl sites for hydroxylation is 2. The second-order valence-electron chi connectivity index (χ2n) is 6.57. The Morgan fingerprint density at radius 1 is 1.32 bits per heavy atom. The maximum absolute atomic E-state index is 12.0. The van der Waals surface area contributed by atoms with Gasteiger partial charge in [-0.3, -0.25) is 4.90 Å². The van der Waals surface area contributed by atoms with Crippen LogP contribution in [-0.2, 0) is 0 Å². The zero-order valence-electron chi connectivity index (χ0n) is 14.3. The van der Waals surface area contributed by atoms with E-state index in [0.717, 1.165) is 12.2 Å². The quantitative estimate of drug-likeness (QED) is 0.891. The highest BCUT2D eigenvalue weighted by atomic mass is 16.2. The predicted molar refractivity (Wildman–Crippen MR) is 92.4 cm³/mol. The third kappa shape index (κ3) is 4.47. The number of nitrogens with one attached hydrogen (secondary N) is 2. The normalized spacial score (nSPS) is 20.5. The monoisotopic (exact) mass is 303 g/mol. The first-order chi connectivity index (χ1) is 10.5. The van der Waals surface area contributed by atoms with Gasteiger partial charge in [0.15, 0.2) is 0 Å². The molecule has 0 spiro atoms. The SMILES string of the molecule is Cc1ccc(NC(=O)NCC(C)N2CCCCC2C)cc1C. The molecule has 1 fully saturated rings. The molecule has 2 N–H and O–H groups in total. The van der Waals surface area contributed by atoms with Gasteiger partial charge in [0, 0.05) is 24.3 Å². The van der Waals surface area contributed by atoms with E-state index in [-0.39, 0.29) is 6.03 Å². The smallest absolute Gasteiger partial charge is 0.319 e. The maximum atomic E-state index is 12.0. The van der Waals surface area contributed by atoms with E-state index in [1.807, 2.05) is 18.2 Å². The Morgan fingerprint density at radius 2 is 2.09 bits per heavy atom. The van der Waals surface area contributed by atoms with E-state index in [0.29, 0.717) is 18.6 Å². The van der Waals surface area contributed by atoms with Gasteiger partial charge < -0.3 is 10.6 Å². The van der Waals surface area contributed by atoms with Crippen LogP contribution in [-0.4, -0.2) is 36.1 Å². The lowest BCUT2D eigenvalue weighted by Gasteiger charge is -2.38. The van der Waals surface area contributed by atoms with Crippen LogP contribution in [0.3, 0.4) is 0 Å². The Balaban J connectivity index is 1.80. The van der Waals surface area contributed by atoms with Crippen molar-refractivity contribution in [2.24, 2.45) is 0 Å². The van der Waals surface area contributed by atoms with E-state index in [9.17, 15) is 4.79 Å². The fourth-order valence-electron chi connectivity index (χ4n) is 3.13. The molecule has 22 heavy (non-hydrogen) atoms. The Hall–Kier alpha value is -1.55. The molecule has 2 atom stereocenters. The number of urea groups is 1. The lowest BCUT2D eigenvalue weighted by atomic mass is 10.0. The summed E-state index contributed by atoms with van der Waals surface area (Å²) >= 11 is 0. The molecule has 1 aromatic carbocycles. The van der Waals surface area contributed by atoms with E-state index < -0.39 is 0 Å². The van der Waals surface area contributed by atoms with Crippen molar-refractivity contribution in [3.05, 3.63) is 29.3 Å². The number of hydrogen-bond acceptors (Lipinski definition) is 2. The largest absolute Gasteiger partial charge is 0.336 e. The first-order valence-electron chi connectivity index (χ1n) is 8.35. The van der Waals surface area contributed by atoms with E-state index in [1.165, 1.54) is 30.4 Å². The highest BCUT2D eigenvalue weighted by Crippen LogP contribution is 2.18. The summed E-state index contributed by atoms with van der Waals surface area (Å²) in [7, 11) is 0. The molecule has 2 amide bonds. The van der Waals surface area contributed by atoms with Gasteiger partial charge in [-0.15, -0.1) is 0 Å². The van der Waals surface area contributed by atoms with Gasteiger partial charge in [0.2, 0.25) is 0 Å². The van der Waals surface area contributed by atoms with Crippen LogP contribution in [0.4, 0.5) is 10.5 Å². The topological polar surface area (TPSA) is 44.4 Å². The molecule has 1 aliphatic heterocycles.